The minimum atomic E-state index is 0.520. The van der Waals surface area contributed by atoms with Gasteiger partial charge in [0.25, 0.3) is 0 Å². The fourth-order valence-electron chi connectivity index (χ4n) is 1.69. The van der Waals surface area contributed by atoms with Gasteiger partial charge in [0.05, 0.1) is 17.5 Å². The molecule has 0 atom stereocenters. The molecule has 0 aliphatic heterocycles. The molecule has 0 radical (unpaired) electrons. The molecule has 0 unspecified atom stereocenters. The summed E-state index contributed by atoms with van der Waals surface area (Å²) >= 11 is 0. The molecule has 0 fully saturated rings. The van der Waals surface area contributed by atoms with Gasteiger partial charge in [-0.2, -0.15) is 5.10 Å². The summed E-state index contributed by atoms with van der Waals surface area (Å²) in [7, 11) is 1.82. The number of hydrogen-bond donors (Lipinski definition) is 1. The number of carbonyl (C=O) groups excluding carboxylic acids is 1. The molecule has 0 spiro atoms. The van der Waals surface area contributed by atoms with Crippen molar-refractivity contribution >= 4 is 6.29 Å². The van der Waals surface area contributed by atoms with Crippen molar-refractivity contribution in [1.82, 2.24) is 9.78 Å². The van der Waals surface area contributed by atoms with Gasteiger partial charge in [-0.05, 0) is 5.56 Å². The molecule has 4 heteroatoms. The maximum atomic E-state index is 10.9. The zero-order chi connectivity index (χ0) is 11.5. The fourth-order valence-corrected chi connectivity index (χ4v) is 1.69. The smallest absolute Gasteiger partial charge is 0.153 e. The van der Waals surface area contributed by atoms with Crippen LogP contribution < -0.4 is 5.73 Å². The van der Waals surface area contributed by atoms with E-state index in [-0.39, 0.29) is 0 Å². The lowest BCUT2D eigenvalue weighted by Crippen LogP contribution is -1.98. The Hall–Kier alpha value is -1.94. The number of hydrogen-bond acceptors (Lipinski definition) is 3. The van der Waals surface area contributed by atoms with E-state index in [4.69, 9.17) is 5.73 Å². The Labute approximate surface area is 93.7 Å². The summed E-state index contributed by atoms with van der Waals surface area (Å²) < 4.78 is 1.70. The van der Waals surface area contributed by atoms with E-state index in [1.807, 2.05) is 31.3 Å². The molecular weight excluding hydrogens is 202 g/mol. The molecule has 2 N–H and O–H groups in total. The van der Waals surface area contributed by atoms with Crippen molar-refractivity contribution in [3.63, 3.8) is 0 Å². The summed E-state index contributed by atoms with van der Waals surface area (Å²) in [5.74, 6) is 0. The Morgan fingerprint density at radius 1 is 1.38 bits per heavy atom. The number of aldehydes is 1. The maximum Gasteiger partial charge on any atom is 0.153 e. The Morgan fingerprint density at radius 2 is 2.06 bits per heavy atom. The van der Waals surface area contributed by atoms with E-state index in [1.165, 1.54) is 0 Å². The van der Waals surface area contributed by atoms with Crippen molar-refractivity contribution in [2.75, 3.05) is 0 Å². The lowest BCUT2D eigenvalue weighted by Gasteiger charge is -2.04. The van der Waals surface area contributed by atoms with Crippen molar-refractivity contribution < 1.29 is 4.79 Å². The number of nitrogens with zero attached hydrogens (tertiary/aromatic N) is 2. The molecule has 4 nitrogen and oxygen atoms in total. The van der Waals surface area contributed by atoms with E-state index in [0.717, 1.165) is 23.1 Å². The normalized spacial score (nSPS) is 10.4. The molecule has 2 aromatic rings. The molecule has 0 saturated carbocycles. The minimum absolute atomic E-state index is 0.520. The molecular formula is C12H13N3O. The first kappa shape index (κ1) is 10.6. The van der Waals surface area contributed by atoms with Gasteiger partial charge in [-0.1, -0.05) is 24.3 Å². The summed E-state index contributed by atoms with van der Waals surface area (Å²) in [5.41, 5.74) is 9.00. The van der Waals surface area contributed by atoms with Crippen LogP contribution >= 0.6 is 0 Å². The van der Waals surface area contributed by atoms with E-state index in [9.17, 15) is 4.79 Å². The van der Waals surface area contributed by atoms with Crippen LogP contribution in [0.15, 0.2) is 30.5 Å². The molecule has 1 aromatic heterocycles. The predicted octanol–water partition coefficient (Wildman–Crippen LogP) is 1.36. The summed E-state index contributed by atoms with van der Waals surface area (Å²) in [5, 5.41) is 4.07. The van der Waals surface area contributed by atoms with E-state index in [2.05, 4.69) is 5.10 Å². The highest BCUT2D eigenvalue weighted by molar-refractivity contribution is 5.85. The summed E-state index contributed by atoms with van der Waals surface area (Å²) in [6.45, 7) is 0.520. The van der Waals surface area contributed by atoms with Gasteiger partial charge in [-0.25, -0.2) is 0 Å². The third-order valence-corrected chi connectivity index (χ3v) is 2.56. The van der Waals surface area contributed by atoms with Gasteiger partial charge < -0.3 is 5.73 Å². The second-order valence-corrected chi connectivity index (χ2v) is 3.59. The topological polar surface area (TPSA) is 60.9 Å². The van der Waals surface area contributed by atoms with E-state index in [0.29, 0.717) is 12.1 Å². The molecule has 0 saturated heterocycles. The van der Waals surface area contributed by atoms with E-state index < -0.39 is 0 Å². The van der Waals surface area contributed by atoms with Crippen molar-refractivity contribution in [3.8, 4) is 11.3 Å². The van der Waals surface area contributed by atoms with Gasteiger partial charge in [0.2, 0.25) is 0 Å². The van der Waals surface area contributed by atoms with Crippen LogP contribution in [0.5, 0.6) is 0 Å². The van der Waals surface area contributed by atoms with Crippen LogP contribution in [-0.4, -0.2) is 16.1 Å². The summed E-state index contributed by atoms with van der Waals surface area (Å²) in [6.07, 6.45) is 2.39. The standard InChI is InChI=1S/C12H13N3O/c1-15-12(11(8-16)7-14-15)10-4-2-9(6-13)3-5-10/h2-5,7-8H,6,13H2,1H3. The molecule has 2 rings (SSSR count). The zero-order valence-electron chi connectivity index (χ0n) is 9.05. The molecule has 16 heavy (non-hydrogen) atoms. The fraction of sp³-hybridized carbons (Fsp3) is 0.167. The van der Waals surface area contributed by atoms with Crippen LogP contribution in [0.2, 0.25) is 0 Å². The Kier molecular flexibility index (Phi) is 2.83. The molecule has 1 aromatic carbocycles. The third kappa shape index (κ3) is 1.75. The second kappa shape index (κ2) is 4.28. The first-order valence-corrected chi connectivity index (χ1v) is 5.03. The molecule has 82 valence electrons. The van der Waals surface area contributed by atoms with Crippen LogP contribution in [0.1, 0.15) is 15.9 Å². The van der Waals surface area contributed by atoms with Gasteiger partial charge in [0, 0.05) is 19.2 Å². The average Bonchev–Trinajstić information content (AvgIpc) is 2.70. The van der Waals surface area contributed by atoms with Gasteiger partial charge in [-0.3, -0.25) is 9.48 Å². The molecule has 0 amide bonds. The van der Waals surface area contributed by atoms with Crippen LogP contribution in [0.3, 0.4) is 0 Å². The molecule has 0 aliphatic carbocycles. The van der Waals surface area contributed by atoms with Crippen molar-refractivity contribution in [2.24, 2.45) is 12.8 Å². The quantitative estimate of drug-likeness (QED) is 0.786. The second-order valence-electron chi connectivity index (χ2n) is 3.59. The van der Waals surface area contributed by atoms with Crippen LogP contribution in [0.4, 0.5) is 0 Å². The molecule has 1 heterocycles. The van der Waals surface area contributed by atoms with E-state index >= 15 is 0 Å². The van der Waals surface area contributed by atoms with Crippen LogP contribution in [-0.2, 0) is 13.6 Å². The Morgan fingerprint density at radius 3 is 2.62 bits per heavy atom. The molecule has 0 aliphatic rings. The number of aryl methyl sites for hydroxylation is 1. The third-order valence-electron chi connectivity index (χ3n) is 2.56. The maximum absolute atomic E-state index is 10.9. The summed E-state index contributed by atoms with van der Waals surface area (Å²) in [4.78, 5) is 10.9. The number of benzene rings is 1. The Bertz CT molecular complexity index is 499. The first-order valence-electron chi connectivity index (χ1n) is 5.03. The number of rotatable bonds is 3. The lowest BCUT2D eigenvalue weighted by atomic mass is 10.1. The van der Waals surface area contributed by atoms with Crippen molar-refractivity contribution in [3.05, 3.63) is 41.6 Å². The highest BCUT2D eigenvalue weighted by Crippen LogP contribution is 2.22. The Balaban J connectivity index is 2.49. The highest BCUT2D eigenvalue weighted by Gasteiger charge is 2.09. The van der Waals surface area contributed by atoms with Crippen molar-refractivity contribution in [1.29, 1.82) is 0 Å². The highest BCUT2D eigenvalue weighted by atomic mass is 16.1. The van der Waals surface area contributed by atoms with Gasteiger partial charge in [-0.15, -0.1) is 0 Å². The zero-order valence-corrected chi connectivity index (χ0v) is 9.05. The van der Waals surface area contributed by atoms with E-state index in [1.54, 1.807) is 10.9 Å². The molecule has 0 bridgehead atoms. The largest absolute Gasteiger partial charge is 0.326 e. The van der Waals surface area contributed by atoms with Gasteiger partial charge in [0.15, 0.2) is 6.29 Å². The van der Waals surface area contributed by atoms with Crippen LogP contribution in [0.25, 0.3) is 11.3 Å². The minimum Gasteiger partial charge on any atom is -0.326 e. The monoisotopic (exact) mass is 215 g/mol. The SMILES string of the molecule is Cn1ncc(C=O)c1-c1ccc(CN)cc1. The number of nitrogens with two attached hydrogens (primary N) is 1. The van der Waals surface area contributed by atoms with Crippen molar-refractivity contribution in [2.45, 2.75) is 6.54 Å². The predicted molar refractivity (Wildman–Crippen MR) is 61.9 cm³/mol. The lowest BCUT2D eigenvalue weighted by molar-refractivity contribution is 0.112. The summed E-state index contributed by atoms with van der Waals surface area (Å²) in [6, 6.07) is 7.81. The van der Waals surface area contributed by atoms with Gasteiger partial charge in [0.1, 0.15) is 0 Å². The number of aromatic nitrogens is 2. The average molecular weight is 215 g/mol. The van der Waals surface area contributed by atoms with Crippen LogP contribution in [0, 0.1) is 0 Å². The van der Waals surface area contributed by atoms with Gasteiger partial charge >= 0.3 is 0 Å². The first-order chi connectivity index (χ1) is 7.76. The number of carbonyl (C=O) groups is 1.